The fraction of sp³-hybridized carbons (Fsp3) is 0.389. The molecular weight excluding hydrogens is 326 g/mol. The molecule has 2 aromatic rings. The Hall–Kier alpha value is -2.08. The number of aromatic hydroxyl groups is 1. The van der Waals surface area contributed by atoms with Crippen molar-refractivity contribution in [3.63, 3.8) is 0 Å². The monoisotopic (exact) mass is 347 g/mol. The number of thioether (sulfide) groups is 1. The molecule has 5 nitrogen and oxygen atoms in total. The first kappa shape index (κ1) is 16.8. The van der Waals surface area contributed by atoms with Crippen LogP contribution in [-0.2, 0) is 11.2 Å². The number of phenols is 1. The molecule has 1 unspecified atom stereocenters. The molecule has 24 heavy (non-hydrogen) atoms. The Bertz CT molecular complexity index is 736. The van der Waals surface area contributed by atoms with E-state index in [4.69, 9.17) is 9.15 Å². The van der Waals surface area contributed by atoms with Crippen LogP contribution in [-0.4, -0.2) is 35.3 Å². The van der Waals surface area contributed by atoms with Gasteiger partial charge in [0.25, 0.3) is 0 Å². The Labute approximate surface area is 145 Å². The lowest BCUT2D eigenvalue weighted by Gasteiger charge is -2.22. The van der Waals surface area contributed by atoms with Crippen LogP contribution in [0, 0.1) is 13.8 Å². The van der Waals surface area contributed by atoms with Crippen molar-refractivity contribution >= 4 is 17.7 Å². The first-order chi connectivity index (χ1) is 11.5. The number of carbonyl (C=O) groups is 1. The molecule has 6 heteroatoms. The van der Waals surface area contributed by atoms with Gasteiger partial charge in [-0.1, -0.05) is 6.07 Å². The minimum atomic E-state index is -0.0658. The summed E-state index contributed by atoms with van der Waals surface area (Å²) in [5, 5.41) is 9.60. The molecule has 1 atom stereocenters. The number of hydrogen-bond donors (Lipinski definition) is 1. The van der Waals surface area contributed by atoms with Crippen LogP contribution < -0.4 is 4.74 Å². The zero-order valence-electron chi connectivity index (χ0n) is 14.0. The molecule has 1 amide bonds. The highest BCUT2D eigenvalue weighted by molar-refractivity contribution is 8.00. The number of hydrogen-bond acceptors (Lipinski definition) is 5. The standard InChI is InChI=1S/C18H21NO4S/c1-11-8-16(23-12(11)2)18-19(17(21)10-24-18)7-6-13-4-5-14(20)15(9-13)22-3/h4-5,8-9,18,20H,6-7,10H2,1-3H3. The maximum absolute atomic E-state index is 12.2. The smallest absolute Gasteiger partial charge is 0.233 e. The van der Waals surface area contributed by atoms with Gasteiger partial charge in [0.05, 0.1) is 12.9 Å². The quantitative estimate of drug-likeness (QED) is 0.898. The van der Waals surface area contributed by atoms with Crippen molar-refractivity contribution in [3.8, 4) is 11.5 Å². The van der Waals surface area contributed by atoms with E-state index in [-0.39, 0.29) is 17.0 Å². The van der Waals surface area contributed by atoms with Gasteiger partial charge in [0.2, 0.25) is 5.91 Å². The average molecular weight is 347 g/mol. The molecule has 1 N–H and O–H groups in total. The zero-order chi connectivity index (χ0) is 17.3. The molecule has 0 aliphatic carbocycles. The summed E-state index contributed by atoms with van der Waals surface area (Å²) in [5.41, 5.74) is 2.12. The third kappa shape index (κ3) is 3.24. The van der Waals surface area contributed by atoms with E-state index < -0.39 is 0 Å². The van der Waals surface area contributed by atoms with E-state index in [0.717, 1.165) is 22.6 Å². The molecule has 2 heterocycles. The summed E-state index contributed by atoms with van der Waals surface area (Å²) >= 11 is 1.60. The number of methoxy groups -OCH3 is 1. The molecule has 1 fully saturated rings. The highest BCUT2D eigenvalue weighted by Crippen LogP contribution is 2.40. The molecule has 1 aliphatic heterocycles. The van der Waals surface area contributed by atoms with Crippen LogP contribution in [0.15, 0.2) is 28.7 Å². The molecule has 0 spiro atoms. The Morgan fingerprint density at radius 1 is 1.38 bits per heavy atom. The van der Waals surface area contributed by atoms with Gasteiger partial charge in [0, 0.05) is 6.54 Å². The van der Waals surface area contributed by atoms with E-state index in [1.54, 1.807) is 23.9 Å². The summed E-state index contributed by atoms with van der Waals surface area (Å²) in [6.07, 6.45) is 0.693. The zero-order valence-corrected chi connectivity index (χ0v) is 14.9. The van der Waals surface area contributed by atoms with Crippen molar-refractivity contribution in [1.82, 2.24) is 4.90 Å². The second-order valence-electron chi connectivity index (χ2n) is 5.89. The number of phenolic OH excluding ortho intramolecular Hbond substituents is 1. The molecule has 3 rings (SSSR count). The van der Waals surface area contributed by atoms with Gasteiger partial charge >= 0.3 is 0 Å². The Morgan fingerprint density at radius 2 is 2.17 bits per heavy atom. The third-order valence-electron chi connectivity index (χ3n) is 4.28. The van der Waals surface area contributed by atoms with Crippen molar-refractivity contribution in [2.75, 3.05) is 19.4 Å². The first-order valence-corrected chi connectivity index (χ1v) is 8.88. The molecule has 1 aliphatic rings. The van der Waals surface area contributed by atoms with E-state index in [1.165, 1.54) is 7.11 Å². The number of ether oxygens (including phenoxy) is 1. The molecule has 0 bridgehead atoms. The van der Waals surface area contributed by atoms with E-state index in [0.29, 0.717) is 24.5 Å². The Morgan fingerprint density at radius 3 is 2.83 bits per heavy atom. The van der Waals surface area contributed by atoms with Gasteiger partial charge in [-0.25, -0.2) is 0 Å². The van der Waals surface area contributed by atoms with E-state index in [9.17, 15) is 9.90 Å². The van der Waals surface area contributed by atoms with E-state index in [2.05, 4.69) is 0 Å². The second kappa shape index (κ2) is 6.81. The predicted molar refractivity (Wildman–Crippen MR) is 93.5 cm³/mol. The lowest BCUT2D eigenvalue weighted by Crippen LogP contribution is -2.30. The number of amides is 1. The van der Waals surface area contributed by atoms with Crippen molar-refractivity contribution in [1.29, 1.82) is 0 Å². The lowest BCUT2D eigenvalue weighted by molar-refractivity contribution is -0.128. The Kier molecular flexibility index (Phi) is 4.76. The molecule has 0 radical (unpaired) electrons. The summed E-state index contributed by atoms with van der Waals surface area (Å²) in [5.74, 6) is 2.90. The lowest BCUT2D eigenvalue weighted by atomic mass is 10.1. The van der Waals surface area contributed by atoms with Crippen LogP contribution in [0.25, 0.3) is 0 Å². The van der Waals surface area contributed by atoms with Crippen molar-refractivity contribution in [3.05, 3.63) is 46.9 Å². The van der Waals surface area contributed by atoms with Crippen molar-refractivity contribution < 1.29 is 19.1 Å². The van der Waals surface area contributed by atoms with E-state index >= 15 is 0 Å². The summed E-state index contributed by atoms with van der Waals surface area (Å²) in [4.78, 5) is 14.1. The number of nitrogens with zero attached hydrogens (tertiary/aromatic N) is 1. The summed E-state index contributed by atoms with van der Waals surface area (Å²) < 4.78 is 10.9. The van der Waals surface area contributed by atoms with Gasteiger partial charge in [-0.15, -0.1) is 11.8 Å². The molecule has 1 aromatic carbocycles. The normalized spacial score (nSPS) is 17.5. The van der Waals surface area contributed by atoms with Gasteiger partial charge in [0.15, 0.2) is 11.5 Å². The molecule has 1 saturated heterocycles. The number of aryl methyl sites for hydroxylation is 2. The van der Waals surface area contributed by atoms with Gasteiger partial charge in [-0.3, -0.25) is 4.79 Å². The minimum absolute atomic E-state index is 0.0658. The van der Waals surface area contributed by atoms with Crippen LogP contribution in [0.2, 0.25) is 0 Å². The summed E-state index contributed by atoms with van der Waals surface area (Å²) in [6.45, 7) is 4.55. The van der Waals surface area contributed by atoms with Crippen molar-refractivity contribution in [2.45, 2.75) is 25.6 Å². The number of carbonyl (C=O) groups excluding carboxylic acids is 1. The Balaban J connectivity index is 1.73. The molecule has 1 aromatic heterocycles. The number of furan rings is 1. The van der Waals surface area contributed by atoms with Crippen LogP contribution in [0.5, 0.6) is 11.5 Å². The van der Waals surface area contributed by atoms with Crippen LogP contribution in [0.4, 0.5) is 0 Å². The number of rotatable bonds is 5. The predicted octanol–water partition coefficient (Wildman–Crippen LogP) is 3.43. The highest BCUT2D eigenvalue weighted by atomic mass is 32.2. The van der Waals surface area contributed by atoms with Gasteiger partial charge in [0.1, 0.15) is 16.9 Å². The van der Waals surface area contributed by atoms with E-state index in [1.807, 2.05) is 30.9 Å². The van der Waals surface area contributed by atoms with Crippen LogP contribution >= 0.6 is 11.8 Å². The maximum atomic E-state index is 12.2. The van der Waals surface area contributed by atoms with Gasteiger partial charge in [-0.2, -0.15) is 0 Å². The largest absolute Gasteiger partial charge is 0.504 e. The molecule has 0 saturated carbocycles. The summed E-state index contributed by atoms with van der Waals surface area (Å²) in [7, 11) is 1.52. The maximum Gasteiger partial charge on any atom is 0.233 e. The first-order valence-electron chi connectivity index (χ1n) is 7.83. The molecule has 128 valence electrons. The highest BCUT2D eigenvalue weighted by Gasteiger charge is 2.34. The fourth-order valence-corrected chi connectivity index (χ4v) is 3.93. The number of benzene rings is 1. The van der Waals surface area contributed by atoms with Crippen LogP contribution in [0.3, 0.4) is 0 Å². The minimum Gasteiger partial charge on any atom is -0.504 e. The third-order valence-corrected chi connectivity index (χ3v) is 5.50. The average Bonchev–Trinajstić information content (AvgIpc) is 3.09. The van der Waals surface area contributed by atoms with Gasteiger partial charge in [-0.05, 0) is 49.6 Å². The van der Waals surface area contributed by atoms with Crippen molar-refractivity contribution in [2.24, 2.45) is 0 Å². The van der Waals surface area contributed by atoms with Gasteiger partial charge < -0.3 is 19.2 Å². The molecular formula is C18H21NO4S. The summed E-state index contributed by atoms with van der Waals surface area (Å²) in [6, 6.07) is 7.29. The second-order valence-corrected chi connectivity index (χ2v) is 6.96. The SMILES string of the molecule is COc1cc(CCN2C(=O)CSC2c2cc(C)c(C)o2)ccc1O. The van der Waals surface area contributed by atoms with Crippen LogP contribution in [0.1, 0.15) is 28.0 Å². The fourth-order valence-electron chi connectivity index (χ4n) is 2.78. The topological polar surface area (TPSA) is 62.9 Å².